The summed E-state index contributed by atoms with van der Waals surface area (Å²) in [5, 5.41) is -1.34. The Balaban J connectivity index is 2.51. The first-order valence-corrected chi connectivity index (χ1v) is 7.78. The molecule has 12 heteroatoms. The van der Waals surface area contributed by atoms with Gasteiger partial charge in [-0.15, -0.1) is 0 Å². The molecule has 23 heavy (non-hydrogen) atoms. The van der Waals surface area contributed by atoms with Crippen LogP contribution in [-0.2, 0) is 6.18 Å². The first-order chi connectivity index (χ1) is 10.4. The third-order valence-electron chi connectivity index (χ3n) is 2.45. The molecular formula is C11H3Cl4F5N2S. The van der Waals surface area contributed by atoms with Crippen LogP contribution >= 0.6 is 58.2 Å². The molecule has 1 aromatic heterocycles. The number of nitrogens with zero attached hydrogens (tertiary/aromatic N) is 2. The van der Waals surface area contributed by atoms with Crippen LogP contribution in [0.4, 0.5) is 22.0 Å². The Bertz CT molecular complexity index is 718. The van der Waals surface area contributed by atoms with Gasteiger partial charge in [0, 0.05) is 6.20 Å². The summed E-state index contributed by atoms with van der Waals surface area (Å²) in [7, 11) is 0. The maximum Gasteiger partial charge on any atom is 0.416 e. The lowest BCUT2D eigenvalue weighted by Crippen LogP contribution is -2.06. The fourth-order valence-electron chi connectivity index (χ4n) is 1.62. The van der Waals surface area contributed by atoms with Crippen molar-refractivity contribution in [1.29, 1.82) is 0 Å². The number of halogens is 9. The highest BCUT2D eigenvalue weighted by atomic mass is 35.5. The Morgan fingerprint density at radius 2 is 1.52 bits per heavy atom. The second kappa shape index (κ2) is 6.48. The lowest BCUT2D eigenvalue weighted by molar-refractivity contribution is -0.137. The molecule has 2 aromatic rings. The highest BCUT2D eigenvalue weighted by Gasteiger charge is 2.33. The molecule has 0 aliphatic rings. The molecule has 0 unspecified atom stereocenters. The highest BCUT2D eigenvalue weighted by molar-refractivity contribution is 8.01. The van der Waals surface area contributed by atoms with Gasteiger partial charge >= 0.3 is 10.9 Å². The van der Waals surface area contributed by atoms with E-state index in [-0.39, 0.29) is 37.8 Å². The summed E-state index contributed by atoms with van der Waals surface area (Å²) in [6.45, 7) is 0. The van der Waals surface area contributed by atoms with Gasteiger partial charge in [0.25, 0.3) is 0 Å². The van der Waals surface area contributed by atoms with E-state index in [1.807, 2.05) is 0 Å². The first-order valence-electron chi connectivity index (χ1n) is 5.46. The average Bonchev–Trinajstić information content (AvgIpc) is 2.65. The normalized spacial score (nSPS) is 12.7. The van der Waals surface area contributed by atoms with Crippen LogP contribution in [0.25, 0.3) is 5.69 Å². The van der Waals surface area contributed by atoms with Gasteiger partial charge in [-0.05, 0) is 47.1 Å². The van der Waals surface area contributed by atoms with E-state index in [2.05, 4.69) is 4.98 Å². The fourth-order valence-corrected chi connectivity index (χ4v) is 3.33. The molecule has 0 aliphatic heterocycles. The van der Waals surface area contributed by atoms with Crippen molar-refractivity contribution >= 4 is 58.2 Å². The van der Waals surface area contributed by atoms with Gasteiger partial charge in [0.2, 0.25) is 5.28 Å². The first kappa shape index (κ1) is 18.9. The second-order valence-electron chi connectivity index (χ2n) is 4.05. The third kappa shape index (κ3) is 4.57. The van der Waals surface area contributed by atoms with Crippen LogP contribution in [0.15, 0.2) is 23.4 Å². The van der Waals surface area contributed by atoms with E-state index in [1.54, 1.807) is 0 Å². The smallest absolute Gasteiger partial charge is 0.286 e. The zero-order valence-electron chi connectivity index (χ0n) is 10.4. The van der Waals surface area contributed by atoms with Crippen molar-refractivity contribution in [3.8, 4) is 5.69 Å². The summed E-state index contributed by atoms with van der Waals surface area (Å²) in [6.07, 6.45) is -3.62. The molecule has 0 N–H and O–H groups in total. The number of thioether (sulfide) groups is 1. The summed E-state index contributed by atoms with van der Waals surface area (Å²) in [5.74, 6) is 0. The van der Waals surface area contributed by atoms with Crippen LogP contribution in [0, 0.1) is 0 Å². The summed E-state index contributed by atoms with van der Waals surface area (Å²) in [5.41, 5.74) is -1.18. The molecular weight excluding hydrogens is 429 g/mol. The van der Waals surface area contributed by atoms with Gasteiger partial charge in [-0.25, -0.2) is 4.98 Å². The van der Waals surface area contributed by atoms with Crippen molar-refractivity contribution < 1.29 is 22.0 Å². The Morgan fingerprint density at radius 3 is 1.96 bits per heavy atom. The van der Waals surface area contributed by atoms with Crippen LogP contribution in [-0.4, -0.2) is 14.3 Å². The molecule has 0 saturated heterocycles. The molecule has 0 spiro atoms. The van der Waals surface area contributed by atoms with Gasteiger partial charge in [-0.3, -0.25) is 4.57 Å². The number of rotatable bonds is 3. The van der Waals surface area contributed by atoms with Crippen molar-refractivity contribution in [2.45, 2.75) is 15.9 Å². The fraction of sp³-hybridized carbons (Fsp3) is 0.182. The molecule has 0 amide bonds. The third-order valence-corrected chi connectivity index (χ3v) is 4.16. The molecule has 126 valence electrons. The zero-order chi connectivity index (χ0) is 17.6. The Hall–Kier alpha value is -0.410. The van der Waals surface area contributed by atoms with Crippen molar-refractivity contribution in [3.05, 3.63) is 39.2 Å². The number of benzene rings is 1. The lowest BCUT2D eigenvalue weighted by atomic mass is 10.2. The van der Waals surface area contributed by atoms with Crippen molar-refractivity contribution in [2.75, 3.05) is 0 Å². The second-order valence-corrected chi connectivity index (χ2v) is 7.04. The average molecular weight is 432 g/mol. The maximum absolute atomic E-state index is 12.8. The Kier molecular flexibility index (Phi) is 5.33. The van der Waals surface area contributed by atoms with Crippen LogP contribution in [0.2, 0.25) is 15.3 Å². The van der Waals surface area contributed by atoms with Gasteiger partial charge < -0.3 is 0 Å². The molecule has 2 rings (SSSR count). The molecule has 1 heterocycles. The topological polar surface area (TPSA) is 17.8 Å². The summed E-state index contributed by atoms with van der Waals surface area (Å²) in [4.78, 5) is 3.61. The number of alkyl halides is 6. The Labute approximate surface area is 150 Å². The van der Waals surface area contributed by atoms with E-state index >= 15 is 0 Å². The summed E-state index contributed by atoms with van der Waals surface area (Å²) in [6, 6.07) is 1.28. The summed E-state index contributed by atoms with van der Waals surface area (Å²) < 4.78 is 60.9. The summed E-state index contributed by atoms with van der Waals surface area (Å²) >= 11 is 22.1. The van der Waals surface area contributed by atoms with Crippen LogP contribution in [0.1, 0.15) is 5.56 Å². The standard InChI is InChI=1S/C11H3Cl4F5N2S/c12-5-1-4(10(16,17)18)2-6(13)8(5)22-3-7(21-9(22)14)23-11(15,19)20/h1-3H. The molecule has 0 atom stereocenters. The van der Waals surface area contributed by atoms with Crippen LogP contribution in [0.3, 0.4) is 0 Å². The molecule has 2 nitrogen and oxygen atoms in total. The number of imidazole rings is 1. The van der Waals surface area contributed by atoms with Gasteiger partial charge in [-0.1, -0.05) is 23.2 Å². The van der Waals surface area contributed by atoms with Crippen LogP contribution in [0.5, 0.6) is 0 Å². The van der Waals surface area contributed by atoms with E-state index in [0.717, 1.165) is 10.8 Å². The molecule has 1 aromatic carbocycles. The van der Waals surface area contributed by atoms with E-state index in [0.29, 0.717) is 12.1 Å². The molecule has 0 radical (unpaired) electrons. The number of hydrogen-bond donors (Lipinski definition) is 0. The maximum atomic E-state index is 12.8. The molecule has 0 fully saturated rings. The largest absolute Gasteiger partial charge is 0.416 e. The van der Waals surface area contributed by atoms with Crippen molar-refractivity contribution in [3.63, 3.8) is 0 Å². The zero-order valence-corrected chi connectivity index (χ0v) is 14.3. The minimum absolute atomic E-state index is 0.101. The number of hydrogen-bond acceptors (Lipinski definition) is 2. The van der Waals surface area contributed by atoms with E-state index in [9.17, 15) is 22.0 Å². The van der Waals surface area contributed by atoms with E-state index in [4.69, 9.17) is 46.4 Å². The van der Waals surface area contributed by atoms with Gasteiger partial charge in [0.05, 0.1) is 21.3 Å². The van der Waals surface area contributed by atoms with Crippen molar-refractivity contribution in [1.82, 2.24) is 9.55 Å². The minimum atomic E-state index is -4.65. The predicted octanol–water partition coefficient (Wildman–Crippen LogP) is 6.73. The van der Waals surface area contributed by atoms with Crippen LogP contribution < -0.4 is 0 Å². The van der Waals surface area contributed by atoms with Gasteiger partial charge in [0.1, 0.15) is 5.03 Å². The minimum Gasteiger partial charge on any atom is -0.286 e. The van der Waals surface area contributed by atoms with Gasteiger partial charge in [0.15, 0.2) is 0 Å². The van der Waals surface area contributed by atoms with Gasteiger partial charge in [-0.2, -0.15) is 22.0 Å². The lowest BCUT2D eigenvalue weighted by Gasteiger charge is -2.13. The van der Waals surface area contributed by atoms with E-state index < -0.39 is 16.5 Å². The number of aromatic nitrogens is 2. The van der Waals surface area contributed by atoms with Crippen molar-refractivity contribution in [2.24, 2.45) is 0 Å². The van der Waals surface area contributed by atoms with E-state index in [1.165, 1.54) is 0 Å². The highest BCUT2D eigenvalue weighted by Crippen LogP contribution is 2.42. The molecule has 0 bridgehead atoms. The molecule has 0 saturated carbocycles. The SMILES string of the molecule is FC(F)(Cl)Sc1cn(-c2c(Cl)cc(C(F)(F)F)cc2Cl)c(Cl)n1. The predicted molar refractivity (Wildman–Crippen MR) is 80.3 cm³/mol. The Morgan fingerprint density at radius 1 is 1.00 bits per heavy atom. The molecule has 0 aliphatic carbocycles. The monoisotopic (exact) mass is 430 g/mol. The quantitative estimate of drug-likeness (QED) is 0.304.